The molecule has 36 heavy (non-hydrogen) atoms. The predicted octanol–water partition coefficient (Wildman–Crippen LogP) is 6.25. The Morgan fingerprint density at radius 1 is 0.861 bits per heavy atom. The van der Waals surface area contributed by atoms with Gasteiger partial charge in [-0.05, 0) is 69.2 Å². The van der Waals surface area contributed by atoms with Crippen molar-refractivity contribution in [1.82, 2.24) is 10.2 Å². The Hall–Kier alpha value is -3.24. The van der Waals surface area contributed by atoms with E-state index in [1.54, 1.807) is 20.8 Å². The predicted molar refractivity (Wildman–Crippen MR) is 119 cm³/mol. The molecule has 0 bridgehead atoms. The van der Waals surface area contributed by atoms with Gasteiger partial charge in [-0.2, -0.15) is 26.3 Å². The molecule has 1 heterocycles. The minimum Gasteiger partial charge on any atom is -0.444 e. The van der Waals surface area contributed by atoms with E-state index in [9.17, 15) is 35.9 Å². The number of nitrogens with one attached hydrogen (secondary N) is 1. The normalized spacial score (nSPS) is 19.1. The summed E-state index contributed by atoms with van der Waals surface area (Å²) in [6.07, 6.45) is -9.40. The zero-order valence-electron chi connectivity index (χ0n) is 19.8. The molecule has 1 fully saturated rings. The molecule has 5 nitrogen and oxygen atoms in total. The molecule has 1 saturated heterocycles. The molecule has 11 heteroatoms. The number of alkyl halides is 6. The molecule has 1 N–H and O–H groups in total. The Morgan fingerprint density at radius 3 is 1.83 bits per heavy atom. The second-order valence-corrected chi connectivity index (χ2v) is 9.60. The third-order valence-corrected chi connectivity index (χ3v) is 5.72. The quantitative estimate of drug-likeness (QED) is 0.491. The lowest BCUT2D eigenvalue weighted by Gasteiger charge is -2.39. The molecule has 0 spiro atoms. The standard InChI is InChI=1S/C25H26F6N2O3/c1-23(2,3)36-22(35)33-13-12-20(19(14-33)15-4-8-17(9-5-15)24(26,27)28)32-21(34)16-6-10-18(11-7-16)25(29,30)31/h4-11,19-20H,12-14H2,1-3H3,(H,32,34). The third kappa shape index (κ3) is 6.92. The SMILES string of the molecule is CC(C)(C)OC(=O)N1CCC(NC(=O)c2ccc(C(F)(F)F)cc2)C(c2ccc(C(F)(F)F)cc2)C1. The van der Waals surface area contributed by atoms with Gasteiger partial charge in [0, 0.05) is 30.6 Å². The second-order valence-electron chi connectivity index (χ2n) is 9.60. The summed E-state index contributed by atoms with van der Waals surface area (Å²) in [6.45, 7) is 5.39. The zero-order valence-corrected chi connectivity index (χ0v) is 19.8. The van der Waals surface area contributed by atoms with Gasteiger partial charge in [-0.1, -0.05) is 12.1 Å². The Kier molecular flexibility index (Phi) is 7.61. The average molecular weight is 516 g/mol. The van der Waals surface area contributed by atoms with Gasteiger partial charge in [0.25, 0.3) is 5.91 Å². The summed E-state index contributed by atoms with van der Waals surface area (Å²) in [5.74, 6) is -1.21. The van der Waals surface area contributed by atoms with Crippen LogP contribution in [0, 0.1) is 0 Å². The van der Waals surface area contributed by atoms with Crippen molar-refractivity contribution in [3.63, 3.8) is 0 Å². The van der Waals surface area contributed by atoms with Crippen molar-refractivity contribution in [3.8, 4) is 0 Å². The van der Waals surface area contributed by atoms with Crippen LogP contribution in [0.3, 0.4) is 0 Å². The van der Waals surface area contributed by atoms with Gasteiger partial charge < -0.3 is 15.0 Å². The highest BCUT2D eigenvalue weighted by atomic mass is 19.4. The number of likely N-dealkylation sites (tertiary alicyclic amines) is 1. The van der Waals surface area contributed by atoms with Crippen LogP contribution < -0.4 is 5.32 Å². The molecule has 2 unspecified atom stereocenters. The van der Waals surface area contributed by atoms with Crippen LogP contribution in [0.1, 0.15) is 60.2 Å². The van der Waals surface area contributed by atoms with Crippen LogP contribution in [-0.4, -0.2) is 41.6 Å². The number of amides is 2. The molecule has 0 aliphatic carbocycles. The average Bonchev–Trinajstić information content (AvgIpc) is 2.77. The van der Waals surface area contributed by atoms with Gasteiger partial charge in [0.15, 0.2) is 0 Å². The summed E-state index contributed by atoms with van der Waals surface area (Å²) in [4.78, 5) is 26.8. The lowest BCUT2D eigenvalue weighted by molar-refractivity contribution is -0.138. The van der Waals surface area contributed by atoms with Crippen molar-refractivity contribution >= 4 is 12.0 Å². The highest BCUT2D eigenvalue weighted by molar-refractivity contribution is 5.94. The molecule has 3 rings (SSSR count). The zero-order chi connectivity index (χ0) is 26.9. The molecule has 2 amide bonds. The smallest absolute Gasteiger partial charge is 0.416 e. The Balaban J connectivity index is 1.83. The van der Waals surface area contributed by atoms with Gasteiger partial charge >= 0.3 is 18.4 Å². The van der Waals surface area contributed by atoms with Crippen LogP contribution in [0.5, 0.6) is 0 Å². The number of halogens is 6. The van der Waals surface area contributed by atoms with Crippen molar-refractivity contribution in [2.45, 2.75) is 57.1 Å². The number of rotatable bonds is 3. The van der Waals surface area contributed by atoms with Crippen molar-refractivity contribution in [2.24, 2.45) is 0 Å². The molecule has 0 radical (unpaired) electrons. The fraction of sp³-hybridized carbons (Fsp3) is 0.440. The van der Waals surface area contributed by atoms with E-state index in [0.29, 0.717) is 5.56 Å². The van der Waals surface area contributed by atoms with Crippen LogP contribution >= 0.6 is 0 Å². The van der Waals surface area contributed by atoms with E-state index < -0.39 is 53.0 Å². The first-order valence-electron chi connectivity index (χ1n) is 11.2. The number of carbonyl (C=O) groups excluding carboxylic acids is 2. The van der Waals surface area contributed by atoms with Crippen LogP contribution in [0.25, 0.3) is 0 Å². The Bertz CT molecular complexity index is 1070. The van der Waals surface area contributed by atoms with Crippen molar-refractivity contribution in [3.05, 3.63) is 70.8 Å². The molecule has 2 aromatic carbocycles. The third-order valence-electron chi connectivity index (χ3n) is 5.72. The summed E-state index contributed by atoms with van der Waals surface area (Å²) in [5.41, 5.74) is -2.02. The molecular formula is C25H26F6N2O3. The first-order chi connectivity index (χ1) is 16.5. The van der Waals surface area contributed by atoms with Gasteiger partial charge in [0.2, 0.25) is 0 Å². The fourth-order valence-corrected chi connectivity index (χ4v) is 3.94. The van der Waals surface area contributed by atoms with Crippen molar-refractivity contribution in [2.75, 3.05) is 13.1 Å². The lowest BCUT2D eigenvalue weighted by Crippen LogP contribution is -2.52. The van der Waals surface area contributed by atoms with Gasteiger partial charge in [0.1, 0.15) is 5.60 Å². The minimum absolute atomic E-state index is 0.00346. The maximum absolute atomic E-state index is 13.0. The van der Waals surface area contributed by atoms with Crippen LogP contribution in [0.4, 0.5) is 31.1 Å². The van der Waals surface area contributed by atoms with E-state index >= 15 is 0 Å². The highest BCUT2D eigenvalue weighted by Crippen LogP contribution is 2.33. The van der Waals surface area contributed by atoms with E-state index in [0.717, 1.165) is 36.4 Å². The molecule has 1 aliphatic heterocycles. The van der Waals surface area contributed by atoms with Gasteiger partial charge in [0.05, 0.1) is 11.1 Å². The molecule has 0 saturated carbocycles. The Labute approximate surface area is 204 Å². The van der Waals surface area contributed by atoms with Crippen LogP contribution in [0.2, 0.25) is 0 Å². The summed E-state index contributed by atoms with van der Waals surface area (Å²) in [6, 6.07) is 7.57. The van der Waals surface area contributed by atoms with E-state index in [-0.39, 0.29) is 25.1 Å². The monoisotopic (exact) mass is 516 g/mol. The first-order valence-corrected chi connectivity index (χ1v) is 11.2. The fourth-order valence-electron chi connectivity index (χ4n) is 3.94. The molecule has 196 valence electrons. The maximum atomic E-state index is 13.0. The summed E-state index contributed by atoms with van der Waals surface area (Å²) < 4.78 is 83.0. The van der Waals surface area contributed by atoms with Gasteiger partial charge in [-0.3, -0.25) is 4.79 Å². The van der Waals surface area contributed by atoms with Crippen LogP contribution in [-0.2, 0) is 17.1 Å². The molecule has 2 atom stereocenters. The number of nitrogens with zero attached hydrogens (tertiary/aromatic N) is 1. The summed E-state index contributed by atoms with van der Waals surface area (Å²) >= 11 is 0. The maximum Gasteiger partial charge on any atom is 0.416 e. The number of hydrogen-bond donors (Lipinski definition) is 1. The summed E-state index contributed by atoms with van der Waals surface area (Å²) in [5, 5.41) is 2.77. The highest BCUT2D eigenvalue weighted by Gasteiger charge is 2.37. The summed E-state index contributed by atoms with van der Waals surface area (Å²) in [7, 11) is 0. The number of piperidine rings is 1. The van der Waals surface area contributed by atoms with E-state index in [2.05, 4.69) is 5.32 Å². The minimum atomic E-state index is -4.54. The largest absolute Gasteiger partial charge is 0.444 e. The van der Waals surface area contributed by atoms with E-state index in [1.165, 1.54) is 17.0 Å². The Morgan fingerprint density at radius 2 is 1.36 bits per heavy atom. The number of carbonyl (C=O) groups is 2. The molecular weight excluding hydrogens is 490 g/mol. The number of ether oxygens (including phenoxy) is 1. The first kappa shape index (κ1) is 27.3. The van der Waals surface area contributed by atoms with Crippen molar-refractivity contribution in [1.29, 1.82) is 0 Å². The van der Waals surface area contributed by atoms with E-state index in [1.807, 2.05) is 0 Å². The molecule has 0 aromatic heterocycles. The number of benzene rings is 2. The lowest BCUT2D eigenvalue weighted by atomic mass is 9.85. The topological polar surface area (TPSA) is 58.6 Å². The molecule has 2 aromatic rings. The van der Waals surface area contributed by atoms with E-state index in [4.69, 9.17) is 4.74 Å². The van der Waals surface area contributed by atoms with Crippen molar-refractivity contribution < 1.29 is 40.7 Å². The van der Waals surface area contributed by atoms with Gasteiger partial charge in [-0.15, -0.1) is 0 Å². The van der Waals surface area contributed by atoms with Crippen LogP contribution in [0.15, 0.2) is 48.5 Å². The number of hydrogen-bond acceptors (Lipinski definition) is 3. The second kappa shape index (κ2) is 10.0. The van der Waals surface area contributed by atoms with Gasteiger partial charge in [-0.25, -0.2) is 4.79 Å². The molecule has 1 aliphatic rings.